The van der Waals surface area contributed by atoms with Crippen molar-refractivity contribution in [3.8, 4) is 0 Å². The normalized spacial score (nSPS) is 11.7. The van der Waals surface area contributed by atoms with Gasteiger partial charge < -0.3 is 91.3 Å². The van der Waals surface area contributed by atoms with Crippen LogP contribution in [0.5, 0.6) is 0 Å². The molecule has 630 valence electrons. The molecule has 27 nitrogen and oxygen atoms in total. The number of nitrogens with one attached hydrogen (secondary N) is 8. The minimum Gasteiger partial charge on any atom is -0.480 e. The molecule has 0 spiro atoms. The van der Waals surface area contributed by atoms with E-state index in [4.69, 9.17) is 44.0 Å². The van der Waals surface area contributed by atoms with Crippen LogP contribution >= 0.6 is 0 Å². The molecular weight excluding hydrogens is 1360 g/mol. The van der Waals surface area contributed by atoms with Gasteiger partial charge in [-0.1, -0.05) is 92.4 Å². The number of ketones is 2. The van der Waals surface area contributed by atoms with Gasteiger partial charge in [-0.2, -0.15) is 0 Å². The van der Waals surface area contributed by atoms with Gasteiger partial charge in [0.25, 0.3) is 0 Å². The predicted octanol–water partition coefficient (Wildman–Crippen LogP) is 16.6. The third-order valence-electron chi connectivity index (χ3n) is 12.5. The summed E-state index contributed by atoms with van der Waals surface area (Å²) in [5, 5.41) is 31.5. The summed E-state index contributed by atoms with van der Waals surface area (Å²) in [6.45, 7) is 59.4. The van der Waals surface area contributed by atoms with Crippen molar-refractivity contribution in [2.75, 3.05) is 58.9 Å². The average Bonchev–Trinajstić information content (AvgIpc) is 0.922. The molecule has 0 bridgehead atoms. The van der Waals surface area contributed by atoms with Crippen LogP contribution in [0.25, 0.3) is 0 Å². The molecule has 2 atom stereocenters. The second kappa shape index (κ2) is 66.9. The summed E-state index contributed by atoms with van der Waals surface area (Å²) >= 11 is 0. The van der Waals surface area contributed by atoms with Gasteiger partial charge >= 0.3 is 48.5 Å². The fourth-order valence-corrected chi connectivity index (χ4v) is 7.59. The molecule has 0 saturated heterocycles. The molecule has 11 N–H and O–H groups in total. The van der Waals surface area contributed by atoms with Crippen LogP contribution in [0.3, 0.4) is 0 Å². The van der Waals surface area contributed by atoms with Gasteiger partial charge in [0.05, 0.1) is 6.04 Å². The summed E-state index contributed by atoms with van der Waals surface area (Å²) in [5.74, 6) is -0.965. The lowest BCUT2D eigenvalue weighted by atomic mass is 10.1. The first-order valence-electron chi connectivity index (χ1n) is 39.1. The summed E-state index contributed by atoms with van der Waals surface area (Å²) in [7, 11) is 0. The van der Waals surface area contributed by atoms with Gasteiger partial charge in [0.1, 0.15) is 56.8 Å². The van der Waals surface area contributed by atoms with Crippen molar-refractivity contribution in [2.45, 2.75) is 393 Å². The quantitative estimate of drug-likeness (QED) is 0.0155. The highest BCUT2D eigenvalue weighted by Crippen LogP contribution is 2.13. The van der Waals surface area contributed by atoms with Crippen LogP contribution in [-0.2, 0) is 52.3 Å². The van der Waals surface area contributed by atoms with Crippen molar-refractivity contribution >= 4 is 60.1 Å². The molecule has 0 fully saturated rings. The topological polar surface area (TPSA) is 378 Å². The maximum atomic E-state index is 11.4. The van der Waals surface area contributed by atoms with Crippen molar-refractivity contribution in [2.24, 2.45) is 5.73 Å². The van der Waals surface area contributed by atoms with Crippen LogP contribution in [-0.4, -0.2) is 175 Å². The maximum absolute atomic E-state index is 11.4. The Hall–Kier alpha value is -6.22. The fraction of sp³-hybridized carbons (Fsp3) is 0.873. The Balaban J connectivity index is -0.000000217. The number of aliphatic carboxylic acids is 1. The van der Waals surface area contributed by atoms with E-state index in [1.54, 1.807) is 20.8 Å². The number of rotatable bonds is 39. The van der Waals surface area contributed by atoms with E-state index in [1.165, 1.54) is 46.0 Å². The summed E-state index contributed by atoms with van der Waals surface area (Å²) in [4.78, 5) is 111. The van der Waals surface area contributed by atoms with Gasteiger partial charge in [-0.3, -0.25) is 9.59 Å². The number of hydrogen-bond donors (Lipinski definition) is 10. The monoisotopic (exact) mass is 1520 g/mol. The maximum Gasteiger partial charge on any atom is 0.408 e. The SMILES string of the molecule is CC(=O)C(N)CCCCNC(=O)OC(C)(C)C.CC(=O)CCCNC(=O)OC(C)(C)C.CCCCC(=O)OC(C)(C)C.CCCCCC(NC(=O)OC(C)(C)C)C(=O)O.CCCCCNC(=O)OC(C)(C)C.CCCCCNCCCNC(=O)OC(C)(C)C.CCCCNCCCCNC(=O)OC(C)(C)C. The molecule has 0 saturated carbocycles. The third-order valence-corrected chi connectivity index (χ3v) is 12.5. The van der Waals surface area contributed by atoms with Gasteiger partial charge in [-0.05, 0) is 262 Å². The van der Waals surface area contributed by atoms with E-state index >= 15 is 0 Å². The minimum absolute atomic E-state index is 0.00472. The number of unbranched alkanes of at least 4 members (excludes halogenated alkanes) is 10. The largest absolute Gasteiger partial charge is 0.480 e. The molecule has 0 rings (SSSR count). The number of Topliss-reactive ketones (excluding diaryl/α,β-unsaturated/α-hetero) is 2. The number of hydrogen-bond acceptors (Lipinski definition) is 20. The molecule has 0 aromatic heterocycles. The van der Waals surface area contributed by atoms with Gasteiger partial charge in [0.2, 0.25) is 0 Å². The van der Waals surface area contributed by atoms with Crippen LogP contribution < -0.4 is 48.3 Å². The average molecular weight is 1530 g/mol. The first-order chi connectivity index (χ1) is 48.6. The molecule has 0 aliphatic rings. The van der Waals surface area contributed by atoms with Crippen molar-refractivity contribution in [3.63, 3.8) is 0 Å². The Morgan fingerprint density at radius 2 is 0.575 bits per heavy atom. The highest BCUT2D eigenvalue weighted by molar-refractivity contribution is 5.81. The van der Waals surface area contributed by atoms with E-state index < -0.39 is 63.9 Å². The molecule has 0 aliphatic heterocycles. The number of amides is 6. The van der Waals surface area contributed by atoms with E-state index in [0.29, 0.717) is 64.8 Å². The Kier molecular flexibility index (Phi) is 71.4. The fourth-order valence-electron chi connectivity index (χ4n) is 7.59. The Morgan fingerprint density at radius 1 is 0.311 bits per heavy atom. The van der Waals surface area contributed by atoms with Crippen LogP contribution in [0.4, 0.5) is 28.8 Å². The second-order valence-corrected chi connectivity index (χ2v) is 32.7. The first kappa shape index (κ1) is 113. The first-order valence-corrected chi connectivity index (χ1v) is 39.1. The zero-order valence-electron chi connectivity index (χ0n) is 72.2. The standard InChI is InChI=1S/2C13H28N2O2.C12H24N2O3.C12H23NO4.C10H19NO3.C10H21NO2.C9H18O2/c1-5-6-9-14-10-7-8-11-15-12(16)17-13(2,3)4;1-5-6-7-9-14-10-8-11-15-12(16)17-13(2,3)4;1-9(15)10(13)7-5-6-8-14-11(16)17-12(2,3)4;1-5-6-7-8-9(10(14)15)13-11(16)17-12(2,3)4;1-8(12)6-5-7-11-9(13)14-10(2,3)4;1-5-6-7-8-11-9(12)13-10(2,3)4;1-5-6-7-8(10)11-9(2,3)4/h2*14H,5-11H2,1-4H3,(H,15,16);10H,5-8,13H2,1-4H3,(H,14,16);9H,5-8H2,1-4H3,(H,13,16)(H,14,15);5-7H2,1-4H3,(H,11,13);5-8H2,1-4H3,(H,11,12);5-7H2,1-4H3. The van der Waals surface area contributed by atoms with E-state index in [2.05, 4.69) is 70.2 Å². The molecule has 0 aromatic carbocycles. The van der Waals surface area contributed by atoms with Gasteiger partial charge in [-0.15, -0.1) is 0 Å². The predicted molar refractivity (Wildman–Crippen MR) is 427 cm³/mol. The minimum atomic E-state index is -1.02. The lowest BCUT2D eigenvalue weighted by molar-refractivity contribution is -0.155. The number of carboxylic acids is 1. The van der Waals surface area contributed by atoms with Crippen LogP contribution in [0.1, 0.15) is 342 Å². The zero-order chi connectivity index (χ0) is 83.7. The Bertz CT molecular complexity index is 2220. The number of alkyl carbamates (subject to hydrolysis) is 6. The molecule has 27 heteroatoms. The molecule has 0 aromatic rings. The Labute approximate surface area is 643 Å². The van der Waals surface area contributed by atoms with Crippen molar-refractivity contribution in [1.82, 2.24) is 42.5 Å². The summed E-state index contributed by atoms with van der Waals surface area (Å²) in [5.41, 5.74) is 2.48. The number of ether oxygens (including phenoxy) is 7. The van der Waals surface area contributed by atoms with E-state index in [0.717, 1.165) is 110 Å². The second-order valence-electron chi connectivity index (χ2n) is 32.7. The van der Waals surface area contributed by atoms with E-state index in [-0.39, 0.29) is 47.5 Å². The number of carbonyl (C=O) groups excluding carboxylic acids is 9. The Morgan fingerprint density at radius 3 is 0.896 bits per heavy atom. The molecule has 6 amide bonds. The van der Waals surface area contributed by atoms with Crippen molar-refractivity contribution < 1.29 is 86.2 Å². The third kappa shape index (κ3) is 111. The van der Waals surface area contributed by atoms with Crippen LogP contribution in [0.15, 0.2) is 0 Å². The molecule has 2 unspecified atom stereocenters. The van der Waals surface area contributed by atoms with Gasteiger partial charge in [0.15, 0.2) is 0 Å². The van der Waals surface area contributed by atoms with E-state index in [9.17, 15) is 47.9 Å². The van der Waals surface area contributed by atoms with Crippen LogP contribution in [0.2, 0.25) is 0 Å². The molecule has 0 radical (unpaired) electrons. The smallest absolute Gasteiger partial charge is 0.408 e. The van der Waals surface area contributed by atoms with Crippen molar-refractivity contribution in [1.29, 1.82) is 0 Å². The highest BCUT2D eigenvalue weighted by atomic mass is 16.6. The van der Waals surface area contributed by atoms with Gasteiger partial charge in [0, 0.05) is 45.6 Å². The van der Waals surface area contributed by atoms with Crippen molar-refractivity contribution in [3.05, 3.63) is 0 Å². The molecular formula is C79H161N9O18. The van der Waals surface area contributed by atoms with Gasteiger partial charge in [-0.25, -0.2) is 33.6 Å². The number of carbonyl (C=O) groups is 10. The highest BCUT2D eigenvalue weighted by Gasteiger charge is 2.24. The number of carboxylic acid groups (broad SMARTS) is 1. The van der Waals surface area contributed by atoms with Crippen LogP contribution in [0, 0.1) is 0 Å². The van der Waals surface area contributed by atoms with E-state index in [1.807, 2.05) is 132 Å². The summed E-state index contributed by atoms with van der Waals surface area (Å²) in [6, 6.07) is -1.24. The number of esters is 1. The molecule has 106 heavy (non-hydrogen) atoms. The summed E-state index contributed by atoms with van der Waals surface area (Å²) < 4.78 is 35.5. The molecule has 0 aliphatic carbocycles. The lowest BCUT2D eigenvalue weighted by Crippen LogP contribution is -2.43. The molecule has 0 heterocycles. The number of nitrogens with two attached hydrogens (primary N) is 1. The zero-order valence-corrected chi connectivity index (χ0v) is 72.2. The summed E-state index contributed by atoms with van der Waals surface area (Å²) in [6.07, 6.45) is 19.2. The lowest BCUT2D eigenvalue weighted by Gasteiger charge is -2.21.